The van der Waals surface area contributed by atoms with Crippen LogP contribution in [0, 0.1) is 0 Å². The van der Waals surface area contributed by atoms with Crippen molar-refractivity contribution in [3.8, 4) is 11.6 Å². The smallest absolute Gasteiger partial charge is 0.278 e. The Balaban J connectivity index is 2.18. The normalized spacial score (nSPS) is 10.6. The number of aromatic nitrogens is 4. The standard InChI is InChI=1S/C9H11N5O2/c1-10-5-4-7-11-9(16-14-7)6-2-3-8(15)13-12-6/h2-3,10H,4-5H2,1H3,(H,13,15). The van der Waals surface area contributed by atoms with Crippen LogP contribution >= 0.6 is 0 Å². The molecule has 0 aromatic carbocycles. The lowest BCUT2D eigenvalue weighted by molar-refractivity contribution is 0.420. The summed E-state index contributed by atoms with van der Waals surface area (Å²) >= 11 is 0. The Bertz CT molecular complexity index is 498. The van der Waals surface area contributed by atoms with Crippen LogP contribution in [-0.2, 0) is 6.42 Å². The fraction of sp³-hybridized carbons (Fsp3) is 0.333. The van der Waals surface area contributed by atoms with Gasteiger partial charge in [0, 0.05) is 19.0 Å². The topological polar surface area (TPSA) is 96.7 Å². The lowest BCUT2D eigenvalue weighted by atomic mass is 10.4. The van der Waals surface area contributed by atoms with Gasteiger partial charge in [-0.2, -0.15) is 10.1 Å². The lowest BCUT2D eigenvalue weighted by Crippen LogP contribution is -2.11. The summed E-state index contributed by atoms with van der Waals surface area (Å²) in [6.45, 7) is 0.776. The molecule has 84 valence electrons. The fourth-order valence-corrected chi connectivity index (χ4v) is 1.16. The highest BCUT2D eigenvalue weighted by molar-refractivity contribution is 5.44. The van der Waals surface area contributed by atoms with Gasteiger partial charge in [-0.15, -0.1) is 0 Å². The van der Waals surface area contributed by atoms with E-state index in [1.54, 1.807) is 0 Å². The van der Waals surface area contributed by atoms with Crippen molar-refractivity contribution in [3.05, 3.63) is 28.3 Å². The van der Waals surface area contributed by atoms with Gasteiger partial charge in [0.25, 0.3) is 11.4 Å². The van der Waals surface area contributed by atoms with Crippen LogP contribution < -0.4 is 10.9 Å². The number of aromatic amines is 1. The zero-order chi connectivity index (χ0) is 11.4. The quantitative estimate of drug-likeness (QED) is 0.728. The van der Waals surface area contributed by atoms with Gasteiger partial charge in [-0.05, 0) is 13.1 Å². The van der Waals surface area contributed by atoms with Gasteiger partial charge in [-0.3, -0.25) is 4.79 Å². The first kappa shape index (κ1) is 10.5. The highest BCUT2D eigenvalue weighted by Crippen LogP contribution is 2.11. The first-order chi connectivity index (χ1) is 7.79. The summed E-state index contributed by atoms with van der Waals surface area (Å²) in [5.74, 6) is 0.916. The molecule has 2 aromatic heterocycles. The highest BCUT2D eigenvalue weighted by atomic mass is 16.5. The number of rotatable bonds is 4. The number of nitrogens with one attached hydrogen (secondary N) is 2. The molecule has 7 heteroatoms. The van der Waals surface area contributed by atoms with Gasteiger partial charge in [0.2, 0.25) is 0 Å². The maximum atomic E-state index is 10.8. The van der Waals surface area contributed by atoms with Crippen molar-refractivity contribution in [1.82, 2.24) is 25.7 Å². The molecule has 0 bridgehead atoms. The molecule has 2 heterocycles. The largest absolute Gasteiger partial charge is 0.332 e. The summed E-state index contributed by atoms with van der Waals surface area (Å²) < 4.78 is 5.01. The Kier molecular flexibility index (Phi) is 3.06. The zero-order valence-electron chi connectivity index (χ0n) is 8.73. The van der Waals surface area contributed by atoms with Crippen LogP contribution in [0.15, 0.2) is 21.5 Å². The molecule has 0 fully saturated rings. The summed E-state index contributed by atoms with van der Waals surface area (Å²) in [6, 6.07) is 2.90. The van der Waals surface area contributed by atoms with Gasteiger partial charge >= 0.3 is 0 Å². The molecule has 2 rings (SSSR count). The van der Waals surface area contributed by atoms with Crippen LogP contribution in [0.5, 0.6) is 0 Å². The Morgan fingerprint density at radius 2 is 2.38 bits per heavy atom. The van der Waals surface area contributed by atoms with Crippen LogP contribution in [-0.4, -0.2) is 33.9 Å². The Morgan fingerprint density at radius 3 is 3.06 bits per heavy atom. The molecule has 7 nitrogen and oxygen atoms in total. The third-order valence-corrected chi connectivity index (χ3v) is 1.96. The maximum absolute atomic E-state index is 10.8. The van der Waals surface area contributed by atoms with Gasteiger partial charge < -0.3 is 9.84 Å². The van der Waals surface area contributed by atoms with Crippen molar-refractivity contribution in [3.63, 3.8) is 0 Å². The van der Waals surface area contributed by atoms with E-state index in [0.29, 0.717) is 23.8 Å². The molecule has 0 aliphatic rings. The van der Waals surface area contributed by atoms with Crippen molar-refractivity contribution in [2.75, 3.05) is 13.6 Å². The van der Waals surface area contributed by atoms with Crippen LogP contribution in [0.4, 0.5) is 0 Å². The molecule has 0 saturated carbocycles. The minimum atomic E-state index is -0.265. The first-order valence-electron chi connectivity index (χ1n) is 4.83. The van der Waals surface area contributed by atoms with Crippen molar-refractivity contribution in [2.24, 2.45) is 0 Å². The zero-order valence-corrected chi connectivity index (χ0v) is 8.73. The van der Waals surface area contributed by atoms with E-state index in [2.05, 4.69) is 25.7 Å². The molecule has 0 saturated heterocycles. The average Bonchev–Trinajstić information content (AvgIpc) is 2.76. The minimum absolute atomic E-state index is 0.265. The molecule has 0 atom stereocenters. The van der Waals surface area contributed by atoms with E-state index in [0.717, 1.165) is 6.54 Å². The first-order valence-corrected chi connectivity index (χ1v) is 4.83. The highest BCUT2D eigenvalue weighted by Gasteiger charge is 2.09. The Morgan fingerprint density at radius 1 is 1.50 bits per heavy atom. The third kappa shape index (κ3) is 2.31. The number of nitrogens with zero attached hydrogens (tertiary/aromatic N) is 3. The molecular formula is C9H11N5O2. The molecule has 2 N–H and O–H groups in total. The van der Waals surface area contributed by atoms with E-state index in [9.17, 15) is 4.79 Å². The average molecular weight is 221 g/mol. The van der Waals surface area contributed by atoms with Crippen LogP contribution in [0.3, 0.4) is 0 Å². The SMILES string of the molecule is CNCCc1noc(-c2ccc(=O)[nH]n2)n1. The second kappa shape index (κ2) is 4.67. The van der Waals surface area contributed by atoms with Gasteiger partial charge in [0.05, 0.1) is 0 Å². The second-order valence-electron chi connectivity index (χ2n) is 3.18. The van der Waals surface area contributed by atoms with E-state index >= 15 is 0 Å². The molecule has 0 aliphatic carbocycles. The van der Waals surface area contributed by atoms with E-state index in [-0.39, 0.29) is 5.56 Å². The molecule has 2 aromatic rings. The molecule has 0 aliphatic heterocycles. The fourth-order valence-electron chi connectivity index (χ4n) is 1.16. The van der Waals surface area contributed by atoms with Crippen LogP contribution in [0.2, 0.25) is 0 Å². The van der Waals surface area contributed by atoms with E-state index < -0.39 is 0 Å². The lowest BCUT2D eigenvalue weighted by Gasteiger charge is -1.91. The van der Waals surface area contributed by atoms with Gasteiger partial charge in [0.15, 0.2) is 5.82 Å². The summed E-state index contributed by atoms with van der Waals surface area (Å²) in [5.41, 5.74) is 0.196. The van der Waals surface area contributed by atoms with Gasteiger partial charge in [-0.1, -0.05) is 5.16 Å². The van der Waals surface area contributed by atoms with Crippen LogP contribution in [0.25, 0.3) is 11.6 Å². The molecule has 0 unspecified atom stereocenters. The third-order valence-electron chi connectivity index (χ3n) is 1.96. The predicted molar refractivity (Wildman–Crippen MR) is 55.8 cm³/mol. The molecule has 0 radical (unpaired) electrons. The van der Waals surface area contributed by atoms with Gasteiger partial charge in [0.1, 0.15) is 5.69 Å². The van der Waals surface area contributed by atoms with Crippen molar-refractivity contribution in [2.45, 2.75) is 6.42 Å². The Labute approximate surface area is 90.9 Å². The summed E-state index contributed by atoms with van der Waals surface area (Å²) in [6.07, 6.45) is 0.684. The predicted octanol–water partition coefficient (Wildman–Crippen LogP) is -0.418. The van der Waals surface area contributed by atoms with Crippen LogP contribution in [0.1, 0.15) is 5.82 Å². The monoisotopic (exact) mass is 221 g/mol. The molecule has 0 spiro atoms. The number of H-pyrrole nitrogens is 1. The van der Waals surface area contributed by atoms with Gasteiger partial charge in [-0.25, -0.2) is 5.10 Å². The van der Waals surface area contributed by atoms with Crippen molar-refractivity contribution in [1.29, 1.82) is 0 Å². The van der Waals surface area contributed by atoms with E-state index in [4.69, 9.17) is 4.52 Å². The number of hydrogen-bond acceptors (Lipinski definition) is 6. The van der Waals surface area contributed by atoms with Crippen molar-refractivity contribution >= 4 is 0 Å². The van der Waals surface area contributed by atoms with Crippen molar-refractivity contribution < 1.29 is 4.52 Å². The van der Waals surface area contributed by atoms with E-state index in [1.807, 2.05) is 7.05 Å². The summed E-state index contributed by atoms with van der Waals surface area (Å²) in [5, 5.41) is 12.9. The molecule has 16 heavy (non-hydrogen) atoms. The molecular weight excluding hydrogens is 210 g/mol. The van der Waals surface area contributed by atoms with E-state index in [1.165, 1.54) is 12.1 Å². The minimum Gasteiger partial charge on any atom is -0.332 e. The summed E-state index contributed by atoms with van der Waals surface area (Å²) in [7, 11) is 1.85. The number of hydrogen-bond donors (Lipinski definition) is 2. The molecule has 0 amide bonds. The number of likely N-dealkylation sites (N-methyl/N-ethyl adjacent to an activating group) is 1. The second-order valence-corrected chi connectivity index (χ2v) is 3.18. The summed E-state index contributed by atoms with van der Waals surface area (Å²) in [4.78, 5) is 15.0. The Hall–Kier alpha value is -2.02. The maximum Gasteiger partial charge on any atom is 0.278 e.